The summed E-state index contributed by atoms with van der Waals surface area (Å²) in [6.45, 7) is 9.14. The minimum Gasteiger partial charge on any atom is -0.353 e. The Morgan fingerprint density at radius 2 is 1.87 bits per heavy atom. The molecule has 2 saturated heterocycles. The lowest BCUT2D eigenvalue weighted by Crippen LogP contribution is -2.45. The highest BCUT2D eigenvalue weighted by Crippen LogP contribution is 2.34. The summed E-state index contributed by atoms with van der Waals surface area (Å²) in [5, 5.41) is 0. The van der Waals surface area contributed by atoms with E-state index < -0.39 is 0 Å². The molecule has 0 atom stereocenters. The molecule has 0 radical (unpaired) electrons. The molecule has 0 saturated carbocycles. The summed E-state index contributed by atoms with van der Waals surface area (Å²) >= 11 is 6.64. The molecule has 4 heterocycles. The van der Waals surface area contributed by atoms with Gasteiger partial charge in [-0.2, -0.15) is 0 Å². The number of amides is 1. The molecular weight excluding hydrogens is 418 g/mol. The van der Waals surface area contributed by atoms with E-state index >= 15 is 0 Å². The Kier molecular flexibility index (Phi) is 5.69. The van der Waals surface area contributed by atoms with Crippen LogP contribution in [-0.2, 0) is 4.79 Å². The Hall–Kier alpha value is -2.23. The van der Waals surface area contributed by atoms with Crippen molar-refractivity contribution in [1.82, 2.24) is 19.2 Å². The summed E-state index contributed by atoms with van der Waals surface area (Å²) in [5.41, 5.74) is 1.83. The average Bonchev–Trinajstić information content (AvgIpc) is 2.98. The zero-order valence-electron chi connectivity index (χ0n) is 17.6. The second-order valence-corrected chi connectivity index (χ2v) is 9.70. The molecule has 7 nitrogen and oxygen atoms in total. The second kappa shape index (κ2) is 8.13. The van der Waals surface area contributed by atoms with E-state index in [9.17, 15) is 9.59 Å². The third-order valence-electron chi connectivity index (χ3n) is 5.40. The maximum absolute atomic E-state index is 13.5. The number of carbonyl (C=O) groups excluding carboxylic acids is 1. The molecule has 2 aromatic heterocycles. The number of pyridine rings is 1. The minimum absolute atomic E-state index is 0.0287. The number of aromatic nitrogens is 2. The van der Waals surface area contributed by atoms with Gasteiger partial charge in [0, 0.05) is 38.4 Å². The van der Waals surface area contributed by atoms with Gasteiger partial charge in [-0.3, -0.25) is 18.9 Å². The van der Waals surface area contributed by atoms with Crippen molar-refractivity contribution in [3.63, 3.8) is 0 Å². The van der Waals surface area contributed by atoms with Crippen LogP contribution < -0.4 is 10.5 Å². The van der Waals surface area contributed by atoms with Gasteiger partial charge in [-0.1, -0.05) is 30.0 Å². The first kappa shape index (κ1) is 21.0. The number of anilines is 1. The van der Waals surface area contributed by atoms with Crippen LogP contribution in [0.15, 0.2) is 28.0 Å². The van der Waals surface area contributed by atoms with Crippen LogP contribution in [0.25, 0.3) is 11.7 Å². The van der Waals surface area contributed by atoms with Gasteiger partial charge in [0.2, 0.25) is 0 Å². The Morgan fingerprint density at radius 3 is 2.50 bits per heavy atom. The van der Waals surface area contributed by atoms with Gasteiger partial charge in [0.05, 0.1) is 10.5 Å². The quantitative estimate of drug-likeness (QED) is 0.533. The molecule has 2 aromatic rings. The molecule has 9 heteroatoms. The van der Waals surface area contributed by atoms with Crippen molar-refractivity contribution in [1.29, 1.82) is 0 Å². The molecule has 2 aliphatic heterocycles. The summed E-state index contributed by atoms with van der Waals surface area (Å²) in [6.07, 6.45) is 3.47. The summed E-state index contributed by atoms with van der Waals surface area (Å²) in [6, 6.07) is 3.78. The van der Waals surface area contributed by atoms with Gasteiger partial charge < -0.3 is 9.80 Å². The van der Waals surface area contributed by atoms with Crippen molar-refractivity contribution in [2.45, 2.75) is 26.8 Å². The van der Waals surface area contributed by atoms with Gasteiger partial charge in [-0.05, 0) is 45.5 Å². The molecule has 0 spiro atoms. The molecule has 158 valence electrons. The predicted octanol–water partition coefficient (Wildman–Crippen LogP) is 2.36. The molecule has 0 aliphatic carbocycles. The fourth-order valence-electron chi connectivity index (χ4n) is 3.69. The van der Waals surface area contributed by atoms with Crippen LogP contribution in [0.5, 0.6) is 0 Å². The van der Waals surface area contributed by atoms with Crippen LogP contribution in [0, 0.1) is 6.92 Å². The second-order valence-electron chi connectivity index (χ2n) is 8.02. The summed E-state index contributed by atoms with van der Waals surface area (Å²) in [4.78, 5) is 37.7. The van der Waals surface area contributed by atoms with Gasteiger partial charge in [0.25, 0.3) is 11.5 Å². The van der Waals surface area contributed by atoms with Crippen molar-refractivity contribution in [3.05, 3.63) is 44.7 Å². The predicted molar refractivity (Wildman–Crippen MR) is 126 cm³/mol. The number of rotatable bonds is 3. The molecule has 1 amide bonds. The number of piperazine rings is 1. The number of hydrogen-bond acceptors (Lipinski definition) is 7. The van der Waals surface area contributed by atoms with E-state index in [-0.39, 0.29) is 17.5 Å². The highest BCUT2D eigenvalue weighted by molar-refractivity contribution is 8.26. The normalized spacial score (nSPS) is 19.7. The zero-order valence-corrected chi connectivity index (χ0v) is 19.2. The average molecular weight is 444 g/mol. The van der Waals surface area contributed by atoms with Crippen molar-refractivity contribution < 1.29 is 4.79 Å². The van der Waals surface area contributed by atoms with Gasteiger partial charge in [-0.25, -0.2) is 4.98 Å². The fourth-order valence-corrected chi connectivity index (χ4v) is 5.19. The number of likely N-dealkylation sites (N-methyl/N-ethyl adjacent to an activating group) is 1. The standard InChI is InChI=1S/C21H25N5O2S2/c1-13(2)26-20(28)16(30-21(26)29)11-15-18(24-9-7-23(4)8-10-24)22-17-6-5-14(3)12-25(17)19(15)27/h5-6,11-13H,7-10H2,1-4H3. The third-order valence-corrected chi connectivity index (χ3v) is 6.73. The molecule has 30 heavy (non-hydrogen) atoms. The highest BCUT2D eigenvalue weighted by Gasteiger charge is 2.34. The number of thioether (sulfide) groups is 1. The molecule has 2 fully saturated rings. The number of hydrogen-bond donors (Lipinski definition) is 0. The Bertz CT molecular complexity index is 1120. The topological polar surface area (TPSA) is 61.2 Å². The number of carbonyl (C=O) groups is 1. The summed E-state index contributed by atoms with van der Waals surface area (Å²) < 4.78 is 2.08. The largest absolute Gasteiger partial charge is 0.353 e. The van der Waals surface area contributed by atoms with Crippen LogP contribution in [0.4, 0.5) is 5.82 Å². The van der Waals surface area contributed by atoms with Crippen molar-refractivity contribution in [3.8, 4) is 0 Å². The van der Waals surface area contributed by atoms with Crippen LogP contribution in [0.2, 0.25) is 0 Å². The third kappa shape index (κ3) is 3.77. The lowest BCUT2D eigenvalue weighted by molar-refractivity contribution is -0.123. The number of nitrogens with zero attached hydrogens (tertiary/aromatic N) is 5. The molecule has 0 bridgehead atoms. The molecule has 2 aliphatic rings. The summed E-state index contributed by atoms with van der Waals surface area (Å²) in [5.74, 6) is 0.477. The fraction of sp³-hybridized carbons (Fsp3) is 0.429. The smallest absolute Gasteiger partial charge is 0.267 e. The first-order chi connectivity index (χ1) is 14.3. The number of fused-ring (bicyclic) bond motifs is 1. The highest BCUT2D eigenvalue weighted by atomic mass is 32.2. The molecular formula is C21H25N5O2S2. The van der Waals surface area contributed by atoms with Gasteiger partial charge in [0.1, 0.15) is 15.8 Å². The lowest BCUT2D eigenvalue weighted by atomic mass is 10.2. The van der Waals surface area contributed by atoms with Crippen LogP contribution in [0.1, 0.15) is 25.0 Å². The van der Waals surface area contributed by atoms with E-state index in [2.05, 4.69) is 16.8 Å². The van der Waals surface area contributed by atoms with Crippen LogP contribution in [-0.4, -0.2) is 68.7 Å². The van der Waals surface area contributed by atoms with Crippen molar-refractivity contribution in [2.75, 3.05) is 38.1 Å². The van der Waals surface area contributed by atoms with E-state index in [4.69, 9.17) is 17.2 Å². The first-order valence-corrected chi connectivity index (χ1v) is 11.2. The van der Waals surface area contributed by atoms with Gasteiger partial charge in [-0.15, -0.1) is 0 Å². The van der Waals surface area contributed by atoms with Crippen molar-refractivity contribution in [2.24, 2.45) is 0 Å². The number of thiocarbonyl (C=S) groups is 1. The Morgan fingerprint density at radius 1 is 1.17 bits per heavy atom. The van der Waals surface area contributed by atoms with Gasteiger partial charge >= 0.3 is 0 Å². The molecule has 0 unspecified atom stereocenters. The van der Waals surface area contributed by atoms with E-state index in [1.54, 1.807) is 21.6 Å². The van der Waals surface area contributed by atoms with Crippen LogP contribution in [0.3, 0.4) is 0 Å². The first-order valence-electron chi connectivity index (χ1n) is 10.00. The monoisotopic (exact) mass is 443 g/mol. The molecule has 0 aromatic carbocycles. The van der Waals surface area contributed by atoms with E-state index in [0.717, 1.165) is 31.7 Å². The SMILES string of the molecule is Cc1ccc2nc(N3CCN(C)CC3)c(C=C3SC(=S)N(C(C)C)C3=O)c(=O)n2c1. The van der Waals surface area contributed by atoms with Crippen molar-refractivity contribution >= 4 is 51.7 Å². The zero-order chi connectivity index (χ0) is 21.6. The molecule has 4 rings (SSSR count). The lowest BCUT2D eigenvalue weighted by Gasteiger charge is -2.34. The van der Waals surface area contributed by atoms with Gasteiger partial charge in [0.15, 0.2) is 0 Å². The molecule has 0 N–H and O–H groups in total. The van der Waals surface area contributed by atoms with Crippen LogP contribution >= 0.6 is 24.0 Å². The maximum Gasteiger partial charge on any atom is 0.267 e. The Balaban J connectivity index is 1.88. The van der Waals surface area contributed by atoms with E-state index in [1.165, 1.54) is 11.8 Å². The maximum atomic E-state index is 13.5. The van der Waals surface area contributed by atoms with E-state index in [0.29, 0.717) is 26.3 Å². The number of aryl methyl sites for hydroxylation is 1. The van der Waals surface area contributed by atoms with E-state index in [1.807, 2.05) is 32.9 Å². The summed E-state index contributed by atoms with van der Waals surface area (Å²) in [7, 11) is 2.08. The Labute approximate surface area is 185 Å². The minimum atomic E-state index is -0.174.